The molecule has 0 spiro atoms. The van der Waals surface area contributed by atoms with Crippen LogP contribution in [0.2, 0.25) is 5.02 Å². The number of benzene rings is 1. The van der Waals surface area contributed by atoms with Crippen LogP contribution in [0.3, 0.4) is 0 Å². The zero-order chi connectivity index (χ0) is 18.2. The second-order valence-electron chi connectivity index (χ2n) is 5.51. The summed E-state index contributed by atoms with van der Waals surface area (Å²) in [5, 5.41) is 0.472. The molecule has 0 aromatic heterocycles. The van der Waals surface area contributed by atoms with E-state index < -0.39 is 19.0 Å². The van der Waals surface area contributed by atoms with Gasteiger partial charge in [0.1, 0.15) is 17.3 Å². The molecule has 0 radical (unpaired) electrons. The zero-order valence-corrected chi connectivity index (χ0v) is 15.5. The molecule has 1 rings (SSSR count). The van der Waals surface area contributed by atoms with Gasteiger partial charge in [0.15, 0.2) is 0 Å². The summed E-state index contributed by atoms with van der Waals surface area (Å²) in [6.07, 6.45) is 2.90. The van der Waals surface area contributed by atoms with Crippen LogP contribution in [0.4, 0.5) is 0 Å². The minimum absolute atomic E-state index is 0.0881. The van der Waals surface area contributed by atoms with E-state index in [2.05, 4.69) is 0 Å². The Hall–Kier alpha value is -1.07. The highest BCUT2D eigenvalue weighted by Gasteiger charge is 2.17. The van der Waals surface area contributed by atoms with Crippen molar-refractivity contribution >= 4 is 25.0 Å². The first-order valence-corrected chi connectivity index (χ1v) is 9.73. The lowest BCUT2D eigenvalue weighted by Gasteiger charge is -2.36. The lowest BCUT2D eigenvalue weighted by molar-refractivity contribution is -0.315. The third-order valence-corrected chi connectivity index (χ3v) is 5.30. The molecule has 0 heterocycles. The Bertz CT molecular complexity index is 586. The van der Waals surface area contributed by atoms with Crippen LogP contribution in [-0.2, 0) is 9.36 Å². The van der Waals surface area contributed by atoms with Gasteiger partial charge in [0.05, 0.1) is 18.7 Å². The first kappa shape index (κ1) is 21.0. The standard InChI is InChI=1S/C16H24ClO6P/c1-12(18)16(24(19,20)21)7-5-3-4-6-10-23-15-9-8-13(22-2)11-14(15)17/h8-9,11,16H,3-7,10H2,1-2H3,(H2,19,20,21)/p-2. The van der Waals surface area contributed by atoms with E-state index >= 15 is 0 Å². The van der Waals surface area contributed by atoms with E-state index in [0.717, 1.165) is 26.2 Å². The van der Waals surface area contributed by atoms with Crippen LogP contribution >= 0.6 is 19.2 Å². The maximum atomic E-state index is 11.2. The average Bonchev–Trinajstić information content (AvgIpc) is 2.49. The van der Waals surface area contributed by atoms with Crippen LogP contribution in [0, 0.1) is 0 Å². The fraction of sp³-hybridized carbons (Fsp3) is 0.562. The maximum Gasteiger partial charge on any atom is 0.138 e. The fourth-order valence-electron chi connectivity index (χ4n) is 2.29. The minimum Gasteiger partial charge on any atom is -0.810 e. The van der Waals surface area contributed by atoms with Gasteiger partial charge in [-0.1, -0.05) is 38.5 Å². The molecule has 0 fully saturated rings. The summed E-state index contributed by atoms with van der Waals surface area (Å²) < 4.78 is 21.6. The molecule has 0 saturated carbocycles. The van der Waals surface area contributed by atoms with Crippen molar-refractivity contribution in [3.63, 3.8) is 0 Å². The van der Waals surface area contributed by atoms with E-state index in [1.807, 2.05) is 0 Å². The van der Waals surface area contributed by atoms with Crippen molar-refractivity contribution in [2.45, 2.75) is 44.7 Å². The lowest BCUT2D eigenvalue weighted by Crippen LogP contribution is -2.31. The van der Waals surface area contributed by atoms with Crippen molar-refractivity contribution in [1.29, 1.82) is 0 Å². The summed E-state index contributed by atoms with van der Waals surface area (Å²) in [4.78, 5) is 33.1. The quantitative estimate of drug-likeness (QED) is 0.434. The monoisotopic (exact) mass is 376 g/mol. The first-order valence-electron chi connectivity index (χ1n) is 7.74. The van der Waals surface area contributed by atoms with Crippen molar-refractivity contribution in [1.82, 2.24) is 0 Å². The molecule has 8 heteroatoms. The summed E-state index contributed by atoms with van der Waals surface area (Å²) in [6.45, 7) is 1.61. The van der Waals surface area contributed by atoms with Crippen LogP contribution in [0.1, 0.15) is 39.0 Å². The molecule has 24 heavy (non-hydrogen) atoms. The Kier molecular flexibility index (Phi) is 8.78. The highest BCUT2D eigenvalue weighted by molar-refractivity contribution is 7.50. The molecule has 1 aromatic rings. The van der Waals surface area contributed by atoms with Gasteiger partial charge in [-0.15, -0.1) is 0 Å². The van der Waals surface area contributed by atoms with Gasteiger partial charge in [-0.05, 0) is 31.9 Å². The molecule has 0 amide bonds. The lowest BCUT2D eigenvalue weighted by atomic mass is 10.1. The third kappa shape index (κ3) is 7.22. The number of rotatable bonds is 11. The van der Waals surface area contributed by atoms with E-state index in [1.54, 1.807) is 25.3 Å². The van der Waals surface area contributed by atoms with Gasteiger partial charge < -0.3 is 23.8 Å². The van der Waals surface area contributed by atoms with Gasteiger partial charge >= 0.3 is 0 Å². The van der Waals surface area contributed by atoms with Gasteiger partial charge in [0.25, 0.3) is 0 Å². The van der Waals surface area contributed by atoms with Crippen molar-refractivity contribution < 1.29 is 28.6 Å². The Labute approximate surface area is 147 Å². The smallest absolute Gasteiger partial charge is 0.138 e. The Morgan fingerprint density at radius 3 is 2.46 bits per heavy atom. The molecular weight excluding hydrogens is 355 g/mol. The molecule has 0 aliphatic carbocycles. The number of ether oxygens (including phenoxy) is 2. The van der Waals surface area contributed by atoms with Crippen molar-refractivity contribution in [2.24, 2.45) is 0 Å². The van der Waals surface area contributed by atoms with Crippen LogP contribution in [-0.4, -0.2) is 25.2 Å². The Morgan fingerprint density at radius 1 is 1.25 bits per heavy atom. The summed E-state index contributed by atoms with van der Waals surface area (Å²) in [6, 6.07) is 5.16. The molecule has 1 atom stereocenters. The van der Waals surface area contributed by atoms with E-state index in [1.165, 1.54) is 0 Å². The van der Waals surface area contributed by atoms with Gasteiger partial charge in [-0.3, -0.25) is 4.79 Å². The predicted molar refractivity (Wildman–Crippen MR) is 88.7 cm³/mol. The SMILES string of the molecule is COc1ccc(OCCCCCCC(C(C)=O)P(=O)([O-])[O-])c(Cl)c1. The summed E-state index contributed by atoms with van der Waals surface area (Å²) >= 11 is 6.06. The van der Waals surface area contributed by atoms with Crippen LogP contribution in [0.15, 0.2) is 18.2 Å². The number of hydrogen-bond donors (Lipinski definition) is 0. The number of hydrogen-bond acceptors (Lipinski definition) is 6. The number of carbonyl (C=O) groups is 1. The van der Waals surface area contributed by atoms with Gasteiger partial charge in [0.2, 0.25) is 0 Å². The van der Waals surface area contributed by atoms with Crippen LogP contribution in [0.25, 0.3) is 0 Å². The van der Waals surface area contributed by atoms with E-state index in [0.29, 0.717) is 29.5 Å². The van der Waals surface area contributed by atoms with E-state index in [4.69, 9.17) is 21.1 Å². The Morgan fingerprint density at radius 2 is 1.92 bits per heavy atom. The molecule has 1 unspecified atom stereocenters. The zero-order valence-electron chi connectivity index (χ0n) is 13.8. The van der Waals surface area contributed by atoms with Crippen LogP contribution in [0.5, 0.6) is 11.5 Å². The normalized spacial score (nSPS) is 12.7. The second kappa shape index (κ2) is 10.0. The van der Waals surface area contributed by atoms with Crippen LogP contribution < -0.4 is 19.3 Å². The molecule has 0 aliphatic rings. The molecular formula is C16H22ClO6P-2. The first-order chi connectivity index (χ1) is 11.3. The number of unbranched alkanes of at least 4 members (excludes halogenated alkanes) is 3. The number of methoxy groups -OCH3 is 1. The molecule has 0 saturated heterocycles. The molecule has 136 valence electrons. The fourth-order valence-corrected chi connectivity index (χ4v) is 3.45. The summed E-state index contributed by atoms with van der Waals surface area (Å²) in [5.41, 5.74) is -1.40. The molecule has 0 bridgehead atoms. The summed E-state index contributed by atoms with van der Waals surface area (Å²) in [7, 11) is -3.29. The van der Waals surface area contributed by atoms with Crippen molar-refractivity contribution in [3.8, 4) is 11.5 Å². The van der Waals surface area contributed by atoms with Crippen molar-refractivity contribution in [3.05, 3.63) is 23.2 Å². The molecule has 0 N–H and O–H groups in total. The number of carbonyl (C=O) groups excluding carboxylic acids is 1. The highest BCUT2D eigenvalue weighted by atomic mass is 35.5. The summed E-state index contributed by atoms with van der Waals surface area (Å²) in [5.74, 6) is 0.648. The van der Waals surface area contributed by atoms with E-state index in [9.17, 15) is 19.1 Å². The number of ketones is 1. The topological polar surface area (TPSA) is 98.7 Å². The minimum atomic E-state index is -4.84. The molecule has 1 aromatic carbocycles. The predicted octanol–water partition coefficient (Wildman–Crippen LogP) is 2.55. The largest absolute Gasteiger partial charge is 0.810 e. The van der Waals surface area contributed by atoms with E-state index in [-0.39, 0.29) is 6.42 Å². The number of halogens is 1. The maximum absolute atomic E-state index is 11.2. The van der Waals surface area contributed by atoms with Gasteiger partial charge in [0, 0.05) is 11.7 Å². The third-order valence-electron chi connectivity index (χ3n) is 3.62. The second-order valence-corrected chi connectivity index (χ2v) is 7.62. The Balaban J connectivity index is 2.23. The highest BCUT2D eigenvalue weighted by Crippen LogP contribution is 2.35. The van der Waals surface area contributed by atoms with Gasteiger partial charge in [-0.25, -0.2) is 0 Å². The molecule has 0 aliphatic heterocycles. The number of Topliss-reactive ketones (excluding diaryl/α,β-unsaturated/α-hetero) is 1. The van der Waals surface area contributed by atoms with Crippen molar-refractivity contribution in [2.75, 3.05) is 13.7 Å². The average molecular weight is 377 g/mol. The van der Waals surface area contributed by atoms with Gasteiger partial charge in [-0.2, -0.15) is 0 Å². The molecule has 6 nitrogen and oxygen atoms in total.